The fourth-order valence-electron chi connectivity index (χ4n) is 3.82. The van der Waals surface area contributed by atoms with Crippen molar-refractivity contribution in [2.24, 2.45) is 0 Å². The van der Waals surface area contributed by atoms with Gasteiger partial charge in [-0.3, -0.25) is 14.0 Å². The second kappa shape index (κ2) is 8.17. The minimum Gasteiger partial charge on any atom is -0.342 e. The van der Waals surface area contributed by atoms with Gasteiger partial charge < -0.3 is 9.88 Å². The molecule has 0 aliphatic rings. The third-order valence-corrected chi connectivity index (χ3v) is 5.63. The number of imidazole rings is 1. The number of benzene rings is 1. The molecule has 0 radical (unpaired) electrons. The molecule has 0 aliphatic carbocycles. The van der Waals surface area contributed by atoms with Gasteiger partial charge in [0, 0.05) is 25.1 Å². The van der Waals surface area contributed by atoms with Crippen molar-refractivity contribution >= 4 is 22.5 Å². The van der Waals surface area contributed by atoms with Crippen molar-refractivity contribution in [1.82, 2.24) is 19.3 Å². The van der Waals surface area contributed by atoms with E-state index in [1.165, 1.54) is 0 Å². The lowest BCUT2D eigenvalue weighted by Crippen LogP contribution is -2.28. The van der Waals surface area contributed by atoms with Gasteiger partial charge in [-0.15, -0.1) is 0 Å². The van der Waals surface area contributed by atoms with E-state index in [-0.39, 0.29) is 17.4 Å². The average Bonchev–Trinajstić information content (AvgIpc) is 3.13. The van der Waals surface area contributed by atoms with E-state index in [9.17, 15) is 9.59 Å². The number of hydrogen-bond donors (Lipinski definition) is 1. The lowest BCUT2D eigenvalue weighted by Gasteiger charge is -2.19. The molecule has 3 rings (SSSR count). The summed E-state index contributed by atoms with van der Waals surface area (Å²) in [7, 11) is 1.83. The Morgan fingerprint density at radius 3 is 2.57 bits per heavy atom. The Morgan fingerprint density at radius 2 is 1.93 bits per heavy atom. The van der Waals surface area contributed by atoms with Gasteiger partial charge in [0.05, 0.1) is 17.2 Å². The van der Waals surface area contributed by atoms with E-state index >= 15 is 0 Å². The molecule has 0 saturated carbocycles. The number of carbonyl (C=O) groups excluding carboxylic acids is 1. The highest BCUT2D eigenvalue weighted by Crippen LogP contribution is 2.26. The van der Waals surface area contributed by atoms with Gasteiger partial charge >= 0.3 is 0 Å². The number of carbonyl (C=O) groups is 1. The lowest BCUT2D eigenvalue weighted by atomic mass is 10.0. The lowest BCUT2D eigenvalue weighted by molar-refractivity contribution is 0.0792. The Hall–Kier alpha value is -2.63. The Balaban J connectivity index is 2.20. The number of nitrogens with zero attached hydrogens (tertiary/aromatic N) is 3. The third kappa shape index (κ3) is 3.43. The summed E-state index contributed by atoms with van der Waals surface area (Å²) in [5.74, 6) is 1.18. The molecule has 0 saturated heterocycles. The molecule has 3 aromatic rings. The van der Waals surface area contributed by atoms with E-state index in [0.717, 1.165) is 49.1 Å². The highest BCUT2D eigenvalue weighted by atomic mass is 16.2. The molecule has 1 N–H and O–H groups in total. The Bertz CT molecular complexity index is 1060. The van der Waals surface area contributed by atoms with Crippen LogP contribution in [0.2, 0.25) is 0 Å². The molecule has 2 aromatic heterocycles. The van der Waals surface area contributed by atoms with Crippen molar-refractivity contribution in [2.45, 2.75) is 59.3 Å². The van der Waals surface area contributed by atoms with E-state index < -0.39 is 0 Å². The Kier molecular flexibility index (Phi) is 5.87. The highest BCUT2D eigenvalue weighted by molar-refractivity contribution is 5.99. The van der Waals surface area contributed by atoms with Crippen molar-refractivity contribution in [3.8, 4) is 0 Å². The monoisotopic (exact) mass is 382 g/mol. The number of rotatable bonds is 7. The fourth-order valence-corrected chi connectivity index (χ4v) is 3.82. The van der Waals surface area contributed by atoms with Crippen molar-refractivity contribution in [3.63, 3.8) is 0 Å². The van der Waals surface area contributed by atoms with Gasteiger partial charge in [0.25, 0.3) is 11.5 Å². The van der Waals surface area contributed by atoms with E-state index in [4.69, 9.17) is 0 Å². The second-order valence-corrected chi connectivity index (χ2v) is 7.57. The van der Waals surface area contributed by atoms with Gasteiger partial charge in [-0.05, 0) is 43.9 Å². The maximum Gasteiger partial charge on any atom is 0.274 e. The van der Waals surface area contributed by atoms with Crippen LogP contribution in [-0.2, 0) is 0 Å². The van der Waals surface area contributed by atoms with Gasteiger partial charge in [-0.1, -0.05) is 27.2 Å². The second-order valence-electron chi connectivity index (χ2n) is 7.57. The molecule has 0 fully saturated rings. The average molecular weight is 383 g/mol. The molecular formula is C22H30N4O2. The zero-order chi connectivity index (χ0) is 20.4. The first-order valence-electron chi connectivity index (χ1n) is 10.2. The van der Waals surface area contributed by atoms with Crippen LogP contribution in [0.3, 0.4) is 0 Å². The van der Waals surface area contributed by atoms with Gasteiger partial charge in [0.15, 0.2) is 0 Å². The molecular weight excluding hydrogens is 352 g/mol. The largest absolute Gasteiger partial charge is 0.342 e. The molecule has 6 heteroatoms. The quantitative estimate of drug-likeness (QED) is 0.664. The molecule has 150 valence electrons. The summed E-state index contributed by atoms with van der Waals surface area (Å²) in [5, 5.41) is 0. The van der Waals surface area contributed by atoms with Crippen LogP contribution < -0.4 is 5.56 Å². The molecule has 1 amide bonds. The van der Waals surface area contributed by atoms with Crippen LogP contribution in [0.15, 0.2) is 23.1 Å². The summed E-state index contributed by atoms with van der Waals surface area (Å²) in [6, 6.07) is 3.81. The maximum absolute atomic E-state index is 12.9. The van der Waals surface area contributed by atoms with Crippen LogP contribution >= 0.6 is 0 Å². The molecule has 0 aliphatic heterocycles. The van der Waals surface area contributed by atoms with Crippen molar-refractivity contribution in [3.05, 3.63) is 45.6 Å². The number of aromatic nitrogens is 3. The van der Waals surface area contributed by atoms with Crippen LogP contribution in [0, 0.1) is 6.92 Å². The number of aromatic amines is 1. The van der Waals surface area contributed by atoms with Crippen LogP contribution in [0.5, 0.6) is 0 Å². The van der Waals surface area contributed by atoms with Crippen LogP contribution in [-0.4, -0.2) is 38.8 Å². The van der Waals surface area contributed by atoms with Crippen molar-refractivity contribution in [2.75, 3.05) is 13.6 Å². The van der Waals surface area contributed by atoms with Crippen LogP contribution in [0.25, 0.3) is 16.6 Å². The van der Waals surface area contributed by atoms with E-state index in [1.807, 2.05) is 30.5 Å². The Morgan fingerprint density at radius 1 is 1.21 bits per heavy atom. The predicted molar refractivity (Wildman–Crippen MR) is 113 cm³/mol. The summed E-state index contributed by atoms with van der Waals surface area (Å²) in [4.78, 5) is 34.8. The molecule has 0 atom stereocenters. The van der Waals surface area contributed by atoms with Gasteiger partial charge in [-0.25, -0.2) is 4.98 Å². The number of nitrogens with one attached hydrogen (secondary N) is 1. The number of H-pyrrole nitrogens is 1. The normalized spacial score (nSPS) is 11.6. The first kappa shape index (κ1) is 20.1. The zero-order valence-electron chi connectivity index (χ0n) is 17.5. The summed E-state index contributed by atoms with van der Waals surface area (Å²) in [6.07, 6.45) is 5.58. The molecule has 0 unspecified atom stereocenters. The van der Waals surface area contributed by atoms with Gasteiger partial charge in [0.1, 0.15) is 11.3 Å². The minimum atomic E-state index is -0.182. The predicted octanol–water partition coefficient (Wildman–Crippen LogP) is 4.26. The maximum atomic E-state index is 12.9. The molecule has 1 aromatic carbocycles. The van der Waals surface area contributed by atoms with Gasteiger partial charge in [0.2, 0.25) is 0 Å². The summed E-state index contributed by atoms with van der Waals surface area (Å²) in [5.41, 5.74) is 3.45. The summed E-state index contributed by atoms with van der Waals surface area (Å²) >= 11 is 0. The molecule has 0 spiro atoms. The topological polar surface area (TPSA) is 70.5 Å². The number of aryl methyl sites for hydroxylation is 1. The first-order valence-corrected chi connectivity index (χ1v) is 10.2. The summed E-state index contributed by atoms with van der Waals surface area (Å²) < 4.78 is 1.97. The van der Waals surface area contributed by atoms with Gasteiger partial charge in [-0.2, -0.15) is 0 Å². The molecule has 28 heavy (non-hydrogen) atoms. The van der Waals surface area contributed by atoms with E-state index in [0.29, 0.717) is 16.6 Å². The molecule has 0 bridgehead atoms. The third-order valence-electron chi connectivity index (χ3n) is 5.63. The van der Waals surface area contributed by atoms with Crippen LogP contribution in [0.1, 0.15) is 74.1 Å². The van der Waals surface area contributed by atoms with E-state index in [1.54, 1.807) is 11.1 Å². The van der Waals surface area contributed by atoms with Crippen molar-refractivity contribution < 1.29 is 4.79 Å². The minimum absolute atomic E-state index is 0.0142. The number of hydrogen-bond acceptors (Lipinski definition) is 3. The first-order chi connectivity index (χ1) is 13.4. The standard InChI is InChI=1S/C22H30N4O2/c1-6-9-10-25(5)22(28)16-12-17-18(11-14(16)4)26-19(21(27)24-17)13-23-20(26)15(7-2)8-3/h11-13,15H,6-10H2,1-5H3,(H,24,27). The fraction of sp³-hybridized carbons (Fsp3) is 0.500. The Labute approximate surface area is 165 Å². The smallest absolute Gasteiger partial charge is 0.274 e. The van der Waals surface area contributed by atoms with Crippen molar-refractivity contribution in [1.29, 1.82) is 0 Å². The van der Waals surface area contributed by atoms with E-state index in [2.05, 4.69) is 30.7 Å². The molecule has 2 heterocycles. The zero-order valence-corrected chi connectivity index (χ0v) is 17.5. The van der Waals surface area contributed by atoms with Crippen LogP contribution in [0.4, 0.5) is 0 Å². The number of fused-ring (bicyclic) bond motifs is 3. The highest BCUT2D eigenvalue weighted by Gasteiger charge is 2.20. The number of unbranched alkanes of at least 4 members (excludes halogenated alkanes) is 1. The SMILES string of the molecule is CCCCN(C)C(=O)c1cc2[nH]c(=O)c3cnc(C(CC)CC)n3c2cc1C. The number of amides is 1. The molecule has 6 nitrogen and oxygen atoms in total. The summed E-state index contributed by atoms with van der Waals surface area (Å²) in [6.45, 7) is 9.06.